The molecule has 1 aromatic carbocycles. The zero-order chi connectivity index (χ0) is 13.5. The molecule has 1 atom stereocenters. The number of hydrogen-bond donors (Lipinski definition) is 1. The third kappa shape index (κ3) is 4.97. The highest BCUT2D eigenvalue weighted by Gasteiger charge is 2.11. The van der Waals surface area contributed by atoms with Gasteiger partial charge in [-0.25, -0.2) is 4.98 Å². The van der Waals surface area contributed by atoms with E-state index in [-0.39, 0.29) is 0 Å². The van der Waals surface area contributed by atoms with Gasteiger partial charge in [0.1, 0.15) is 0 Å². The minimum absolute atomic E-state index is 0.483. The zero-order valence-corrected chi connectivity index (χ0v) is 13.1. The van der Waals surface area contributed by atoms with Crippen LogP contribution in [-0.2, 0) is 6.42 Å². The standard InChI is InChI=1S/C15H20N2S2/c1-3-16-13(9-14-11-18-12(2)17-14)10-19-15-7-5-4-6-8-15/h4-8,11,13,16H,3,9-10H2,1-2H3. The molecule has 0 saturated carbocycles. The highest BCUT2D eigenvalue weighted by atomic mass is 32.2. The average Bonchev–Trinajstić information content (AvgIpc) is 2.83. The van der Waals surface area contributed by atoms with Crippen LogP contribution < -0.4 is 5.32 Å². The lowest BCUT2D eigenvalue weighted by Gasteiger charge is -2.16. The van der Waals surface area contributed by atoms with Gasteiger partial charge in [0.25, 0.3) is 0 Å². The predicted octanol–water partition coefficient (Wildman–Crippen LogP) is 3.76. The summed E-state index contributed by atoms with van der Waals surface area (Å²) < 4.78 is 0. The minimum Gasteiger partial charge on any atom is -0.313 e. The number of rotatable bonds is 7. The van der Waals surface area contributed by atoms with Gasteiger partial charge in [-0.2, -0.15) is 0 Å². The first-order valence-electron chi connectivity index (χ1n) is 6.60. The van der Waals surface area contributed by atoms with Gasteiger partial charge in [0.15, 0.2) is 0 Å². The maximum atomic E-state index is 4.56. The molecule has 1 N–H and O–H groups in total. The van der Waals surface area contributed by atoms with Crippen molar-refractivity contribution in [3.05, 3.63) is 46.4 Å². The molecule has 102 valence electrons. The van der Waals surface area contributed by atoms with Crippen molar-refractivity contribution in [1.82, 2.24) is 10.3 Å². The Morgan fingerprint density at radius 1 is 1.32 bits per heavy atom. The quantitative estimate of drug-likeness (QED) is 0.786. The van der Waals surface area contributed by atoms with Crippen LogP contribution in [0.15, 0.2) is 40.6 Å². The van der Waals surface area contributed by atoms with Crippen molar-refractivity contribution in [3.63, 3.8) is 0 Å². The van der Waals surface area contributed by atoms with Crippen LogP contribution >= 0.6 is 23.1 Å². The van der Waals surface area contributed by atoms with E-state index >= 15 is 0 Å². The molecule has 2 nitrogen and oxygen atoms in total. The van der Waals surface area contributed by atoms with Crippen LogP contribution in [0.2, 0.25) is 0 Å². The number of thiazole rings is 1. The summed E-state index contributed by atoms with van der Waals surface area (Å²) in [7, 11) is 0. The number of aryl methyl sites for hydroxylation is 1. The summed E-state index contributed by atoms with van der Waals surface area (Å²) in [4.78, 5) is 5.89. The molecule has 19 heavy (non-hydrogen) atoms. The van der Waals surface area contributed by atoms with E-state index < -0.39 is 0 Å². The van der Waals surface area contributed by atoms with Crippen molar-refractivity contribution < 1.29 is 0 Å². The van der Waals surface area contributed by atoms with Crippen LogP contribution in [0, 0.1) is 6.92 Å². The van der Waals surface area contributed by atoms with Crippen LogP contribution in [0.1, 0.15) is 17.6 Å². The molecule has 0 fully saturated rings. The summed E-state index contributed by atoms with van der Waals surface area (Å²) in [5.41, 5.74) is 1.21. The second kappa shape index (κ2) is 7.68. The molecule has 0 aliphatic rings. The zero-order valence-electron chi connectivity index (χ0n) is 11.4. The Hall–Kier alpha value is -0.840. The van der Waals surface area contributed by atoms with Crippen molar-refractivity contribution in [2.24, 2.45) is 0 Å². The Bertz CT molecular complexity index is 482. The number of likely N-dealkylation sites (N-methyl/N-ethyl adjacent to an activating group) is 1. The van der Waals surface area contributed by atoms with Gasteiger partial charge < -0.3 is 5.32 Å². The van der Waals surface area contributed by atoms with Gasteiger partial charge in [-0.1, -0.05) is 25.1 Å². The van der Waals surface area contributed by atoms with E-state index in [0.717, 1.165) is 23.7 Å². The molecule has 0 saturated heterocycles. The van der Waals surface area contributed by atoms with E-state index in [0.29, 0.717) is 6.04 Å². The molecule has 4 heteroatoms. The Balaban J connectivity index is 1.89. The van der Waals surface area contributed by atoms with Crippen LogP contribution in [-0.4, -0.2) is 23.3 Å². The fraction of sp³-hybridized carbons (Fsp3) is 0.400. The third-order valence-electron chi connectivity index (χ3n) is 2.81. The molecule has 1 unspecified atom stereocenters. The predicted molar refractivity (Wildman–Crippen MR) is 85.2 cm³/mol. The van der Waals surface area contributed by atoms with Crippen LogP contribution in [0.25, 0.3) is 0 Å². The first-order valence-corrected chi connectivity index (χ1v) is 8.46. The van der Waals surface area contributed by atoms with Crippen molar-refractivity contribution in [2.75, 3.05) is 12.3 Å². The monoisotopic (exact) mass is 292 g/mol. The molecule has 0 bridgehead atoms. The molecule has 1 aromatic heterocycles. The molecule has 2 aromatic rings. The summed E-state index contributed by atoms with van der Waals surface area (Å²) >= 11 is 3.64. The number of thioether (sulfide) groups is 1. The average molecular weight is 292 g/mol. The van der Waals surface area contributed by atoms with Crippen LogP contribution in [0.5, 0.6) is 0 Å². The van der Waals surface area contributed by atoms with Gasteiger partial charge in [-0.3, -0.25) is 0 Å². The molecule has 0 radical (unpaired) electrons. The maximum absolute atomic E-state index is 4.56. The summed E-state index contributed by atoms with van der Waals surface area (Å²) in [6, 6.07) is 11.1. The molecule has 0 spiro atoms. The largest absolute Gasteiger partial charge is 0.313 e. The molecular weight excluding hydrogens is 272 g/mol. The summed E-state index contributed by atoms with van der Waals surface area (Å²) in [6.07, 6.45) is 1.01. The first kappa shape index (κ1) is 14.6. The van der Waals surface area contributed by atoms with E-state index in [2.05, 4.69) is 59.9 Å². The third-order valence-corrected chi connectivity index (χ3v) is 4.81. The number of aromatic nitrogens is 1. The Morgan fingerprint density at radius 2 is 2.11 bits per heavy atom. The normalized spacial score (nSPS) is 12.5. The van der Waals surface area contributed by atoms with Gasteiger partial charge in [0.2, 0.25) is 0 Å². The van der Waals surface area contributed by atoms with Crippen molar-refractivity contribution in [2.45, 2.75) is 31.2 Å². The Morgan fingerprint density at radius 3 is 2.74 bits per heavy atom. The van der Waals surface area contributed by atoms with Crippen LogP contribution in [0.4, 0.5) is 0 Å². The van der Waals surface area contributed by atoms with E-state index in [9.17, 15) is 0 Å². The molecule has 2 rings (SSSR count). The van der Waals surface area contributed by atoms with Crippen LogP contribution in [0.3, 0.4) is 0 Å². The maximum Gasteiger partial charge on any atom is 0.0897 e. The van der Waals surface area contributed by atoms with E-state index in [1.54, 1.807) is 11.3 Å². The highest BCUT2D eigenvalue weighted by molar-refractivity contribution is 7.99. The lowest BCUT2D eigenvalue weighted by Crippen LogP contribution is -2.33. The lowest BCUT2D eigenvalue weighted by molar-refractivity contribution is 0.567. The van der Waals surface area contributed by atoms with Gasteiger partial charge in [0.05, 0.1) is 10.7 Å². The summed E-state index contributed by atoms with van der Waals surface area (Å²) in [5, 5.41) is 6.88. The molecular formula is C15H20N2S2. The van der Waals surface area contributed by atoms with Gasteiger partial charge in [0, 0.05) is 28.5 Å². The SMILES string of the molecule is CCNC(CSc1ccccc1)Cc1csc(C)n1. The van der Waals surface area contributed by atoms with E-state index in [1.165, 1.54) is 10.6 Å². The van der Waals surface area contributed by atoms with Gasteiger partial charge >= 0.3 is 0 Å². The first-order chi connectivity index (χ1) is 9.28. The topological polar surface area (TPSA) is 24.9 Å². The summed E-state index contributed by atoms with van der Waals surface area (Å²) in [6.45, 7) is 5.23. The number of nitrogens with one attached hydrogen (secondary N) is 1. The molecule has 0 aliphatic carbocycles. The van der Waals surface area contributed by atoms with E-state index in [1.807, 2.05) is 11.8 Å². The molecule has 1 heterocycles. The second-order valence-corrected chi connectivity index (χ2v) is 6.60. The van der Waals surface area contributed by atoms with Crippen molar-refractivity contribution >= 4 is 23.1 Å². The summed E-state index contributed by atoms with van der Waals surface area (Å²) in [5.74, 6) is 1.08. The Labute approximate surface area is 123 Å². The van der Waals surface area contributed by atoms with Gasteiger partial charge in [-0.15, -0.1) is 23.1 Å². The van der Waals surface area contributed by atoms with Gasteiger partial charge in [-0.05, 0) is 25.6 Å². The molecule has 0 amide bonds. The lowest BCUT2D eigenvalue weighted by atomic mass is 10.2. The van der Waals surface area contributed by atoms with E-state index in [4.69, 9.17) is 0 Å². The molecule has 0 aliphatic heterocycles. The second-order valence-electron chi connectivity index (χ2n) is 4.44. The Kier molecular flexibility index (Phi) is 5.89. The number of benzene rings is 1. The smallest absolute Gasteiger partial charge is 0.0897 e. The van der Waals surface area contributed by atoms with Crippen molar-refractivity contribution in [3.8, 4) is 0 Å². The van der Waals surface area contributed by atoms with Crippen molar-refractivity contribution in [1.29, 1.82) is 0 Å². The number of nitrogens with zero attached hydrogens (tertiary/aromatic N) is 1. The fourth-order valence-corrected chi connectivity index (χ4v) is 3.55. The fourth-order valence-electron chi connectivity index (χ4n) is 1.95. The minimum atomic E-state index is 0.483. The number of hydrogen-bond acceptors (Lipinski definition) is 4. The highest BCUT2D eigenvalue weighted by Crippen LogP contribution is 2.19.